The predicted octanol–water partition coefficient (Wildman–Crippen LogP) is 2.42. The van der Waals surface area contributed by atoms with Crippen molar-refractivity contribution in [3.8, 4) is 0 Å². The number of oxime groups is 1. The number of anilines is 1. The summed E-state index contributed by atoms with van der Waals surface area (Å²) in [6.07, 6.45) is 0.871. The summed E-state index contributed by atoms with van der Waals surface area (Å²) in [7, 11) is 0. The fourth-order valence-corrected chi connectivity index (χ4v) is 2.14. The van der Waals surface area contributed by atoms with Gasteiger partial charge in [-0.3, -0.25) is 4.79 Å². The summed E-state index contributed by atoms with van der Waals surface area (Å²) in [5, 5.41) is 14.8. The number of hydrogen-bond donors (Lipinski definition) is 3. The SMILES string of the molecule is CC1(C)CC1C(=O)Nc1cc(/C(N)=N/O)ccc1Cl. The topological polar surface area (TPSA) is 87.7 Å². The average molecular weight is 282 g/mol. The quantitative estimate of drug-likeness (QED) is 0.344. The van der Waals surface area contributed by atoms with Crippen LogP contribution < -0.4 is 11.1 Å². The molecule has 1 aromatic carbocycles. The van der Waals surface area contributed by atoms with Crippen molar-refractivity contribution in [1.29, 1.82) is 0 Å². The maximum absolute atomic E-state index is 12.0. The zero-order chi connectivity index (χ0) is 14.2. The Kier molecular flexibility index (Phi) is 3.41. The summed E-state index contributed by atoms with van der Waals surface area (Å²) >= 11 is 6.03. The molecule has 1 unspecified atom stereocenters. The molecule has 1 aliphatic rings. The molecule has 1 amide bonds. The molecule has 5 nitrogen and oxygen atoms in total. The molecular formula is C13H16ClN3O2. The number of rotatable bonds is 3. The zero-order valence-corrected chi connectivity index (χ0v) is 11.5. The molecule has 0 spiro atoms. The molecule has 0 saturated heterocycles. The lowest BCUT2D eigenvalue weighted by Crippen LogP contribution is -2.18. The van der Waals surface area contributed by atoms with Gasteiger partial charge in [0.15, 0.2) is 5.84 Å². The Morgan fingerprint density at radius 3 is 2.74 bits per heavy atom. The van der Waals surface area contributed by atoms with Gasteiger partial charge in [-0.2, -0.15) is 0 Å². The fraction of sp³-hybridized carbons (Fsp3) is 0.385. The zero-order valence-electron chi connectivity index (χ0n) is 10.8. The van der Waals surface area contributed by atoms with E-state index in [9.17, 15) is 4.79 Å². The highest BCUT2D eigenvalue weighted by molar-refractivity contribution is 6.34. The van der Waals surface area contributed by atoms with E-state index >= 15 is 0 Å². The lowest BCUT2D eigenvalue weighted by Gasteiger charge is -2.10. The van der Waals surface area contributed by atoms with Gasteiger partial charge in [0, 0.05) is 11.5 Å². The van der Waals surface area contributed by atoms with Crippen molar-refractivity contribution in [2.45, 2.75) is 20.3 Å². The number of amides is 1. The standard InChI is InChI=1S/C13H16ClN3O2/c1-13(2)6-8(13)12(18)16-10-5-7(11(15)17-19)3-4-9(10)14/h3-5,8,19H,6H2,1-2H3,(H2,15,17)(H,16,18). The molecule has 102 valence electrons. The second-order valence-electron chi connectivity index (χ2n) is 5.41. The van der Waals surface area contributed by atoms with Crippen LogP contribution in [0, 0.1) is 11.3 Å². The van der Waals surface area contributed by atoms with Crippen molar-refractivity contribution in [2.24, 2.45) is 22.2 Å². The van der Waals surface area contributed by atoms with Crippen molar-refractivity contribution in [2.75, 3.05) is 5.32 Å². The number of nitrogens with one attached hydrogen (secondary N) is 1. The number of benzene rings is 1. The first-order valence-electron chi connectivity index (χ1n) is 5.93. The molecule has 2 rings (SSSR count). The largest absolute Gasteiger partial charge is 0.409 e. The number of nitrogens with two attached hydrogens (primary N) is 1. The van der Waals surface area contributed by atoms with Gasteiger partial charge in [-0.05, 0) is 30.0 Å². The second-order valence-corrected chi connectivity index (χ2v) is 5.82. The van der Waals surface area contributed by atoms with Crippen LogP contribution in [-0.2, 0) is 4.79 Å². The highest BCUT2D eigenvalue weighted by atomic mass is 35.5. The van der Waals surface area contributed by atoms with Gasteiger partial charge < -0.3 is 16.3 Å². The van der Waals surface area contributed by atoms with Gasteiger partial charge in [0.1, 0.15) is 0 Å². The second kappa shape index (κ2) is 4.74. The van der Waals surface area contributed by atoms with Gasteiger partial charge in [-0.1, -0.05) is 30.6 Å². The molecule has 1 aromatic rings. The molecule has 0 heterocycles. The number of carbonyl (C=O) groups excluding carboxylic acids is 1. The fourth-order valence-electron chi connectivity index (χ4n) is 1.97. The van der Waals surface area contributed by atoms with Gasteiger partial charge in [0.2, 0.25) is 5.91 Å². The maximum Gasteiger partial charge on any atom is 0.228 e. The van der Waals surface area contributed by atoms with Gasteiger partial charge in [-0.25, -0.2) is 0 Å². The normalized spacial score (nSPS) is 21.0. The minimum absolute atomic E-state index is 0.0103. The van der Waals surface area contributed by atoms with Crippen molar-refractivity contribution in [1.82, 2.24) is 0 Å². The monoisotopic (exact) mass is 281 g/mol. The summed E-state index contributed by atoms with van der Waals surface area (Å²) in [6, 6.07) is 4.81. The third-order valence-corrected chi connectivity index (χ3v) is 3.79. The summed E-state index contributed by atoms with van der Waals surface area (Å²) in [4.78, 5) is 12.0. The van der Waals surface area contributed by atoms with Crippen molar-refractivity contribution in [3.63, 3.8) is 0 Å². The molecule has 1 fully saturated rings. The summed E-state index contributed by atoms with van der Waals surface area (Å²) in [5.41, 5.74) is 6.53. The number of hydrogen-bond acceptors (Lipinski definition) is 3. The first-order chi connectivity index (χ1) is 8.85. The first-order valence-corrected chi connectivity index (χ1v) is 6.31. The van der Waals surface area contributed by atoms with Crippen LogP contribution in [0.3, 0.4) is 0 Å². The Hall–Kier alpha value is -1.75. The Bertz CT molecular complexity index is 555. The molecule has 0 bridgehead atoms. The van der Waals surface area contributed by atoms with E-state index in [0.717, 1.165) is 6.42 Å². The predicted molar refractivity (Wildman–Crippen MR) is 74.5 cm³/mol. The average Bonchev–Trinajstić information content (AvgIpc) is 3.00. The van der Waals surface area contributed by atoms with E-state index in [0.29, 0.717) is 16.3 Å². The lowest BCUT2D eigenvalue weighted by atomic mass is 10.1. The molecule has 1 atom stereocenters. The number of carbonyl (C=O) groups is 1. The van der Waals surface area contributed by atoms with E-state index in [4.69, 9.17) is 22.5 Å². The molecule has 1 aliphatic carbocycles. The van der Waals surface area contributed by atoms with Crippen LogP contribution in [0.1, 0.15) is 25.8 Å². The summed E-state index contributed by atoms with van der Waals surface area (Å²) in [6.45, 7) is 4.09. The van der Waals surface area contributed by atoms with Crippen LogP contribution in [0.5, 0.6) is 0 Å². The Labute approximate surface area is 116 Å². The van der Waals surface area contributed by atoms with Crippen LogP contribution in [-0.4, -0.2) is 17.0 Å². The molecule has 4 N–H and O–H groups in total. The molecule has 19 heavy (non-hydrogen) atoms. The smallest absolute Gasteiger partial charge is 0.228 e. The Balaban J connectivity index is 2.18. The highest BCUT2D eigenvalue weighted by Gasteiger charge is 2.50. The van der Waals surface area contributed by atoms with Crippen LogP contribution in [0.25, 0.3) is 0 Å². The molecule has 0 aliphatic heterocycles. The maximum atomic E-state index is 12.0. The molecule has 0 radical (unpaired) electrons. The Morgan fingerprint density at radius 2 is 2.21 bits per heavy atom. The van der Waals surface area contributed by atoms with E-state index in [1.54, 1.807) is 18.2 Å². The third kappa shape index (κ3) is 2.81. The molecule has 0 aromatic heterocycles. The van der Waals surface area contributed by atoms with Gasteiger partial charge in [0.05, 0.1) is 10.7 Å². The van der Waals surface area contributed by atoms with Crippen LogP contribution in [0.15, 0.2) is 23.4 Å². The van der Waals surface area contributed by atoms with E-state index in [1.165, 1.54) is 0 Å². The van der Waals surface area contributed by atoms with E-state index in [-0.39, 0.29) is 23.1 Å². The molecular weight excluding hydrogens is 266 g/mol. The molecule has 6 heteroatoms. The van der Waals surface area contributed by atoms with Crippen LogP contribution in [0.4, 0.5) is 5.69 Å². The third-order valence-electron chi connectivity index (χ3n) is 3.46. The highest BCUT2D eigenvalue weighted by Crippen LogP contribution is 2.52. The minimum atomic E-state index is -0.0523. The van der Waals surface area contributed by atoms with Crippen molar-refractivity contribution in [3.05, 3.63) is 28.8 Å². The van der Waals surface area contributed by atoms with E-state index in [1.807, 2.05) is 13.8 Å². The minimum Gasteiger partial charge on any atom is -0.409 e. The van der Waals surface area contributed by atoms with Crippen LogP contribution in [0.2, 0.25) is 5.02 Å². The summed E-state index contributed by atoms with van der Waals surface area (Å²) in [5.74, 6) is -0.0708. The van der Waals surface area contributed by atoms with E-state index < -0.39 is 0 Å². The van der Waals surface area contributed by atoms with E-state index in [2.05, 4.69) is 10.5 Å². The van der Waals surface area contributed by atoms with Gasteiger partial charge >= 0.3 is 0 Å². The number of halogens is 1. The first kappa shape index (κ1) is 13.7. The molecule has 1 saturated carbocycles. The van der Waals surface area contributed by atoms with Gasteiger partial charge in [-0.15, -0.1) is 0 Å². The lowest BCUT2D eigenvalue weighted by molar-refractivity contribution is -0.118. The van der Waals surface area contributed by atoms with Crippen molar-refractivity contribution >= 4 is 29.0 Å². The van der Waals surface area contributed by atoms with Gasteiger partial charge in [0.25, 0.3) is 0 Å². The summed E-state index contributed by atoms with van der Waals surface area (Å²) < 4.78 is 0. The number of amidine groups is 1. The van der Waals surface area contributed by atoms with Crippen LogP contribution >= 0.6 is 11.6 Å². The van der Waals surface area contributed by atoms with Crippen molar-refractivity contribution < 1.29 is 10.0 Å². The number of nitrogens with zero attached hydrogens (tertiary/aromatic N) is 1. The Morgan fingerprint density at radius 1 is 1.58 bits per heavy atom.